The second kappa shape index (κ2) is 8.76. The Morgan fingerprint density at radius 1 is 1.16 bits per heavy atom. The van der Waals surface area contributed by atoms with E-state index >= 15 is 0 Å². The Labute approximate surface area is 152 Å². The zero-order valence-electron chi connectivity index (χ0n) is 14.4. The molecule has 2 atom stereocenters. The lowest BCUT2D eigenvalue weighted by atomic mass is 9.98. The molecule has 0 spiro atoms. The quantitative estimate of drug-likeness (QED) is 0.874. The van der Waals surface area contributed by atoms with Gasteiger partial charge in [0.05, 0.1) is 11.6 Å². The Morgan fingerprint density at radius 2 is 1.68 bits per heavy atom. The van der Waals surface area contributed by atoms with Gasteiger partial charge in [-0.3, -0.25) is 4.79 Å². The Bertz CT molecular complexity index is 557. The molecule has 0 aromatic heterocycles. The highest BCUT2D eigenvalue weighted by Crippen LogP contribution is 2.30. The first kappa shape index (κ1) is 21.6. The SMILES string of the molecule is CCC(C)C(N)C(=O)N1CCN(c2ccc(C(F)(F)F)cc2)CC1.Cl. The van der Waals surface area contributed by atoms with Crippen molar-refractivity contribution in [3.63, 3.8) is 0 Å². The molecule has 2 unspecified atom stereocenters. The van der Waals surface area contributed by atoms with Crippen LogP contribution in [0.2, 0.25) is 0 Å². The summed E-state index contributed by atoms with van der Waals surface area (Å²) in [6, 6.07) is 4.64. The average molecular weight is 380 g/mol. The predicted molar refractivity (Wildman–Crippen MR) is 94.9 cm³/mol. The van der Waals surface area contributed by atoms with E-state index in [0.717, 1.165) is 24.2 Å². The van der Waals surface area contributed by atoms with Gasteiger partial charge in [0.25, 0.3) is 0 Å². The molecule has 1 saturated heterocycles. The summed E-state index contributed by atoms with van der Waals surface area (Å²) in [5.41, 5.74) is 6.08. The van der Waals surface area contributed by atoms with Crippen molar-refractivity contribution in [1.82, 2.24) is 4.90 Å². The number of hydrogen-bond donors (Lipinski definition) is 1. The molecular weight excluding hydrogens is 355 g/mol. The molecule has 1 fully saturated rings. The number of benzene rings is 1. The van der Waals surface area contributed by atoms with E-state index in [2.05, 4.69) is 0 Å². The molecular formula is C17H25ClF3N3O. The van der Waals surface area contributed by atoms with Gasteiger partial charge >= 0.3 is 6.18 Å². The molecule has 1 aliphatic heterocycles. The van der Waals surface area contributed by atoms with Crippen molar-refractivity contribution < 1.29 is 18.0 Å². The number of halogens is 4. The highest BCUT2D eigenvalue weighted by Gasteiger charge is 2.31. The first-order chi connectivity index (χ1) is 11.2. The first-order valence-corrected chi connectivity index (χ1v) is 8.20. The van der Waals surface area contributed by atoms with E-state index in [-0.39, 0.29) is 24.2 Å². The van der Waals surface area contributed by atoms with Gasteiger partial charge in [0.1, 0.15) is 0 Å². The maximum atomic E-state index is 12.6. The molecule has 0 bridgehead atoms. The third-order valence-corrected chi connectivity index (χ3v) is 4.69. The minimum Gasteiger partial charge on any atom is -0.368 e. The molecule has 142 valence electrons. The van der Waals surface area contributed by atoms with E-state index < -0.39 is 17.8 Å². The van der Waals surface area contributed by atoms with Gasteiger partial charge in [-0.15, -0.1) is 12.4 Å². The molecule has 1 amide bonds. The molecule has 1 aromatic rings. The van der Waals surface area contributed by atoms with Gasteiger partial charge in [-0.25, -0.2) is 0 Å². The smallest absolute Gasteiger partial charge is 0.368 e. The average Bonchev–Trinajstić information content (AvgIpc) is 2.59. The molecule has 4 nitrogen and oxygen atoms in total. The van der Waals surface area contributed by atoms with Crippen LogP contribution < -0.4 is 10.6 Å². The normalized spacial score (nSPS) is 17.7. The molecule has 0 aliphatic carbocycles. The van der Waals surface area contributed by atoms with Crippen molar-refractivity contribution in [3.05, 3.63) is 29.8 Å². The standard InChI is InChI=1S/C17H24F3N3O.ClH/c1-3-12(2)15(21)16(24)23-10-8-22(9-11-23)14-6-4-13(5-7-14)17(18,19)20;/h4-7,12,15H,3,8-11,21H2,1-2H3;1H. The zero-order chi connectivity index (χ0) is 17.9. The van der Waals surface area contributed by atoms with Crippen molar-refractivity contribution in [2.75, 3.05) is 31.1 Å². The number of rotatable bonds is 4. The molecule has 8 heteroatoms. The maximum absolute atomic E-state index is 12.6. The highest BCUT2D eigenvalue weighted by atomic mass is 35.5. The van der Waals surface area contributed by atoms with Crippen LogP contribution in [0, 0.1) is 5.92 Å². The van der Waals surface area contributed by atoms with Gasteiger partial charge in [-0.1, -0.05) is 20.3 Å². The molecule has 2 rings (SSSR count). The van der Waals surface area contributed by atoms with E-state index in [1.54, 1.807) is 4.90 Å². The van der Waals surface area contributed by atoms with E-state index in [1.165, 1.54) is 12.1 Å². The Balaban J connectivity index is 0.00000312. The summed E-state index contributed by atoms with van der Waals surface area (Å²) in [5, 5.41) is 0. The number of piperazine rings is 1. The van der Waals surface area contributed by atoms with E-state index in [0.29, 0.717) is 26.2 Å². The maximum Gasteiger partial charge on any atom is 0.416 e. The molecule has 1 heterocycles. The number of amides is 1. The third-order valence-electron chi connectivity index (χ3n) is 4.69. The summed E-state index contributed by atoms with van der Waals surface area (Å²) in [5.74, 6) is 0.0851. The van der Waals surface area contributed by atoms with Gasteiger partial charge < -0.3 is 15.5 Å². The van der Waals surface area contributed by atoms with E-state index in [9.17, 15) is 18.0 Å². The predicted octanol–water partition coefficient (Wildman–Crippen LogP) is 3.15. The summed E-state index contributed by atoms with van der Waals surface area (Å²) in [6.07, 6.45) is -3.48. The van der Waals surface area contributed by atoms with Crippen molar-refractivity contribution in [1.29, 1.82) is 0 Å². The second-order valence-corrected chi connectivity index (χ2v) is 6.27. The number of carbonyl (C=O) groups excluding carboxylic acids is 1. The number of nitrogens with two attached hydrogens (primary N) is 1. The minimum atomic E-state index is -4.32. The Hall–Kier alpha value is -1.47. The Morgan fingerprint density at radius 3 is 2.12 bits per heavy atom. The number of anilines is 1. The number of alkyl halides is 3. The van der Waals surface area contributed by atoms with Gasteiger partial charge in [0.2, 0.25) is 5.91 Å². The van der Waals surface area contributed by atoms with Crippen LogP contribution in [0.3, 0.4) is 0 Å². The molecule has 1 aliphatic rings. The molecule has 0 radical (unpaired) electrons. The fraction of sp³-hybridized carbons (Fsp3) is 0.588. The first-order valence-electron chi connectivity index (χ1n) is 8.20. The number of nitrogens with zero attached hydrogens (tertiary/aromatic N) is 2. The van der Waals surface area contributed by atoms with Crippen molar-refractivity contribution in [2.45, 2.75) is 32.5 Å². The molecule has 1 aromatic carbocycles. The Kier molecular flexibility index (Phi) is 7.56. The van der Waals surface area contributed by atoms with Gasteiger partial charge in [-0.05, 0) is 30.2 Å². The van der Waals surface area contributed by atoms with Crippen molar-refractivity contribution in [2.24, 2.45) is 11.7 Å². The number of carbonyl (C=O) groups is 1. The van der Waals surface area contributed by atoms with Crippen molar-refractivity contribution in [3.8, 4) is 0 Å². The van der Waals surface area contributed by atoms with Gasteiger partial charge in [0.15, 0.2) is 0 Å². The van der Waals surface area contributed by atoms with Crippen LogP contribution in [0.15, 0.2) is 24.3 Å². The van der Waals surface area contributed by atoms with Crippen LogP contribution >= 0.6 is 12.4 Å². The van der Waals surface area contributed by atoms with Gasteiger partial charge in [-0.2, -0.15) is 13.2 Å². The van der Waals surface area contributed by atoms with E-state index in [4.69, 9.17) is 5.73 Å². The fourth-order valence-electron chi connectivity index (χ4n) is 2.75. The lowest BCUT2D eigenvalue weighted by Gasteiger charge is -2.37. The topological polar surface area (TPSA) is 49.6 Å². The van der Waals surface area contributed by atoms with Crippen LogP contribution in [0.25, 0.3) is 0 Å². The summed E-state index contributed by atoms with van der Waals surface area (Å²) in [4.78, 5) is 16.1. The lowest BCUT2D eigenvalue weighted by molar-refractivity contribution is -0.137. The fourth-order valence-corrected chi connectivity index (χ4v) is 2.75. The third kappa shape index (κ3) is 5.25. The second-order valence-electron chi connectivity index (χ2n) is 6.27. The number of hydrogen-bond acceptors (Lipinski definition) is 3. The van der Waals surface area contributed by atoms with E-state index in [1.807, 2.05) is 18.7 Å². The summed E-state index contributed by atoms with van der Waals surface area (Å²) in [6.45, 7) is 6.20. The molecule has 2 N–H and O–H groups in total. The van der Waals surface area contributed by atoms with Crippen LogP contribution in [-0.4, -0.2) is 43.0 Å². The summed E-state index contributed by atoms with van der Waals surface area (Å²) in [7, 11) is 0. The van der Waals surface area contributed by atoms with Crippen LogP contribution in [0.5, 0.6) is 0 Å². The lowest BCUT2D eigenvalue weighted by Crippen LogP contribution is -2.54. The van der Waals surface area contributed by atoms with Crippen LogP contribution in [0.4, 0.5) is 18.9 Å². The summed E-state index contributed by atoms with van der Waals surface area (Å²) < 4.78 is 37.8. The largest absolute Gasteiger partial charge is 0.416 e. The molecule has 25 heavy (non-hydrogen) atoms. The van der Waals surface area contributed by atoms with Gasteiger partial charge in [0, 0.05) is 31.9 Å². The van der Waals surface area contributed by atoms with Crippen molar-refractivity contribution >= 4 is 24.0 Å². The van der Waals surface area contributed by atoms with Crippen LogP contribution in [-0.2, 0) is 11.0 Å². The summed E-state index contributed by atoms with van der Waals surface area (Å²) >= 11 is 0. The minimum absolute atomic E-state index is 0. The highest BCUT2D eigenvalue weighted by molar-refractivity contribution is 5.85. The monoisotopic (exact) mass is 379 g/mol. The zero-order valence-corrected chi connectivity index (χ0v) is 15.2. The molecule has 0 saturated carbocycles. The van der Waals surface area contributed by atoms with Crippen LogP contribution in [0.1, 0.15) is 25.8 Å².